The van der Waals surface area contributed by atoms with E-state index in [0.29, 0.717) is 10.7 Å². The topological polar surface area (TPSA) is 80.4 Å². The summed E-state index contributed by atoms with van der Waals surface area (Å²) in [6, 6.07) is 10.3. The van der Waals surface area contributed by atoms with Gasteiger partial charge < -0.3 is 0 Å². The van der Waals surface area contributed by atoms with Gasteiger partial charge in [0.05, 0.1) is 26.4 Å². The molecular formula is C14H8Cl2N4O2S. The van der Waals surface area contributed by atoms with Gasteiger partial charge in [-0.25, -0.2) is 4.98 Å². The van der Waals surface area contributed by atoms with E-state index in [-0.39, 0.29) is 15.7 Å². The van der Waals surface area contributed by atoms with Crippen LogP contribution >= 0.6 is 34.5 Å². The summed E-state index contributed by atoms with van der Waals surface area (Å²) in [7, 11) is 0. The number of para-hydroxylation sites is 1. The number of benzene rings is 2. The molecule has 0 spiro atoms. The molecule has 116 valence electrons. The Morgan fingerprint density at radius 3 is 2.78 bits per heavy atom. The van der Waals surface area contributed by atoms with E-state index < -0.39 is 4.92 Å². The minimum Gasteiger partial charge on any atom is -0.258 e. The van der Waals surface area contributed by atoms with Gasteiger partial charge in [-0.15, -0.1) is 0 Å². The predicted molar refractivity (Wildman–Crippen MR) is 94.0 cm³/mol. The van der Waals surface area contributed by atoms with E-state index in [9.17, 15) is 10.1 Å². The van der Waals surface area contributed by atoms with Crippen LogP contribution in [0.15, 0.2) is 41.5 Å². The van der Waals surface area contributed by atoms with Gasteiger partial charge in [0.1, 0.15) is 5.02 Å². The van der Waals surface area contributed by atoms with Crippen LogP contribution in [0.2, 0.25) is 10.0 Å². The normalized spacial score (nSPS) is 11.2. The molecule has 0 saturated heterocycles. The van der Waals surface area contributed by atoms with E-state index in [2.05, 4.69) is 15.5 Å². The Balaban J connectivity index is 1.82. The van der Waals surface area contributed by atoms with Gasteiger partial charge in [-0.1, -0.05) is 46.7 Å². The summed E-state index contributed by atoms with van der Waals surface area (Å²) in [6.45, 7) is 0. The van der Waals surface area contributed by atoms with Crippen molar-refractivity contribution < 1.29 is 4.92 Å². The van der Waals surface area contributed by atoms with E-state index in [1.54, 1.807) is 0 Å². The average Bonchev–Trinajstić information content (AvgIpc) is 2.91. The van der Waals surface area contributed by atoms with Crippen LogP contribution in [0.1, 0.15) is 5.56 Å². The minimum absolute atomic E-state index is 0.0173. The zero-order valence-corrected chi connectivity index (χ0v) is 13.7. The van der Waals surface area contributed by atoms with Crippen molar-refractivity contribution >= 4 is 61.8 Å². The molecule has 0 bridgehead atoms. The number of hydrazone groups is 1. The number of fused-ring (bicyclic) bond motifs is 1. The highest BCUT2D eigenvalue weighted by molar-refractivity contribution is 7.22. The minimum atomic E-state index is -0.572. The molecule has 1 N–H and O–H groups in total. The molecule has 0 unspecified atom stereocenters. The number of aromatic nitrogens is 1. The number of nitrogens with one attached hydrogen (secondary N) is 1. The monoisotopic (exact) mass is 366 g/mol. The quantitative estimate of drug-likeness (QED) is 0.402. The lowest BCUT2D eigenvalue weighted by Gasteiger charge is -2.00. The second kappa shape index (κ2) is 6.49. The molecule has 0 radical (unpaired) electrons. The molecule has 0 atom stereocenters. The zero-order valence-electron chi connectivity index (χ0n) is 11.4. The summed E-state index contributed by atoms with van der Waals surface area (Å²) in [5.74, 6) is 0. The fraction of sp³-hybridized carbons (Fsp3) is 0. The standard InChI is InChI=1S/C14H8Cl2N4O2S/c15-9-6-10(16)12(20(21)22)5-8(9)7-17-19-14-18-11-3-1-2-4-13(11)23-14/h1-7H,(H,18,19)/b17-7+. The smallest absolute Gasteiger partial charge is 0.258 e. The van der Waals surface area contributed by atoms with Crippen LogP contribution in [0.4, 0.5) is 10.8 Å². The summed E-state index contributed by atoms with van der Waals surface area (Å²) < 4.78 is 1.03. The van der Waals surface area contributed by atoms with Crippen molar-refractivity contribution in [3.63, 3.8) is 0 Å². The van der Waals surface area contributed by atoms with Crippen molar-refractivity contribution in [3.8, 4) is 0 Å². The number of nitro benzene ring substituents is 1. The van der Waals surface area contributed by atoms with Crippen LogP contribution in [0, 0.1) is 10.1 Å². The second-order valence-corrected chi connectivity index (χ2v) is 6.28. The molecule has 23 heavy (non-hydrogen) atoms. The third kappa shape index (κ3) is 3.42. The molecule has 1 aromatic heterocycles. The molecule has 2 aromatic carbocycles. The first-order valence-electron chi connectivity index (χ1n) is 6.32. The number of rotatable bonds is 4. The van der Waals surface area contributed by atoms with E-state index in [1.165, 1.54) is 29.7 Å². The van der Waals surface area contributed by atoms with Gasteiger partial charge in [0.15, 0.2) is 0 Å². The Morgan fingerprint density at radius 2 is 2.04 bits per heavy atom. The predicted octanol–water partition coefficient (Wildman–Crippen LogP) is 4.96. The fourth-order valence-corrected chi connectivity index (χ4v) is 3.19. The van der Waals surface area contributed by atoms with Crippen LogP contribution in [-0.2, 0) is 0 Å². The Hall–Kier alpha value is -2.22. The van der Waals surface area contributed by atoms with Gasteiger partial charge in [0, 0.05) is 11.6 Å². The molecule has 0 aliphatic carbocycles. The van der Waals surface area contributed by atoms with Gasteiger partial charge in [-0.05, 0) is 18.2 Å². The van der Waals surface area contributed by atoms with Crippen molar-refractivity contribution in [2.75, 3.05) is 5.43 Å². The maximum Gasteiger partial charge on any atom is 0.288 e. The van der Waals surface area contributed by atoms with E-state index in [4.69, 9.17) is 23.2 Å². The molecule has 0 saturated carbocycles. The highest BCUT2D eigenvalue weighted by Gasteiger charge is 2.15. The summed E-state index contributed by atoms with van der Waals surface area (Å²) in [4.78, 5) is 14.7. The first-order chi connectivity index (χ1) is 11.0. The maximum absolute atomic E-state index is 10.9. The van der Waals surface area contributed by atoms with Gasteiger partial charge in [0.2, 0.25) is 5.13 Å². The molecule has 0 aliphatic rings. The van der Waals surface area contributed by atoms with E-state index in [1.807, 2.05) is 24.3 Å². The molecule has 0 amide bonds. The summed E-state index contributed by atoms with van der Waals surface area (Å²) >= 11 is 13.2. The number of nitrogens with zero attached hydrogens (tertiary/aromatic N) is 3. The van der Waals surface area contributed by atoms with Crippen LogP contribution in [0.3, 0.4) is 0 Å². The Bertz CT molecular complexity index is 893. The maximum atomic E-state index is 10.9. The number of halogens is 2. The number of thiazole rings is 1. The van der Waals surface area contributed by atoms with Crippen LogP contribution in [0.5, 0.6) is 0 Å². The molecular weight excluding hydrogens is 359 g/mol. The van der Waals surface area contributed by atoms with E-state index >= 15 is 0 Å². The van der Waals surface area contributed by atoms with Crippen molar-refractivity contribution in [2.24, 2.45) is 5.10 Å². The van der Waals surface area contributed by atoms with Crippen molar-refractivity contribution in [2.45, 2.75) is 0 Å². The SMILES string of the molecule is O=[N+]([O-])c1cc(/C=N/Nc2nc3ccccc3s2)c(Cl)cc1Cl. The highest BCUT2D eigenvalue weighted by atomic mass is 35.5. The molecule has 3 aromatic rings. The van der Waals surface area contributed by atoms with Crippen molar-refractivity contribution in [1.82, 2.24) is 4.98 Å². The van der Waals surface area contributed by atoms with Gasteiger partial charge in [-0.3, -0.25) is 15.5 Å². The van der Waals surface area contributed by atoms with Crippen molar-refractivity contribution in [1.29, 1.82) is 0 Å². The van der Waals surface area contributed by atoms with Crippen LogP contribution in [0.25, 0.3) is 10.2 Å². The Labute approximate surface area is 144 Å². The number of hydrogen-bond donors (Lipinski definition) is 1. The molecule has 0 aliphatic heterocycles. The summed E-state index contributed by atoms with van der Waals surface area (Å²) in [5.41, 5.74) is 3.82. The van der Waals surface area contributed by atoms with Gasteiger partial charge in [0.25, 0.3) is 5.69 Å². The number of anilines is 1. The van der Waals surface area contributed by atoms with Crippen LogP contribution < -0.4 is 5.43 Å². The molecule has 1 heterocycles. The number of hydrogen-bond acceptors (Lipinski definition) is 6. The first kappa shape index (κ1) is 15.7. The Kier molecular flexibility index (Phi) is 4.42. The largest absolute Gasteiger partial charge is 0.288 e. The lowest BCUT2D eigenvalue weighted by atomic mass is 10.2. The van der Waals surface area contributed by atoms with E-state index in [0.717, 1.165) is 10.2 Å². The second-order valence-electron chi connectivity index (χ2n) is 4.44. The molecule has 3 rings (SSSR count). The zero-order chi connectivity index (χ0) is 16.4. The molecule has 0 fully saturated rings. The number of nitro groups is 1. The van der Waals surface area contributed by atoms with Gasteiger partial charge >= 0.3 is 0 Å². The third-order valence-electron chi connectivity index (χ3n) is 2.92. The highest BCUT2D eigenvalue weighted by Crippen LogP contribution is 2.30. The summed E-state index contributed by atoms with van der Waals surface area (Å²) in [6.07, 6.45) is 1.39. The lowest BCUT2D eigenvalue weighted by molar-refractivity contribution is -0.384. The van der Waals surface area contributed by atoms with Gasteiger partial charge in [-0.2, -0.15) is 5.10 Å². The third-order valence-corrected chi connectivity index (χ3v) is 4.49. The van der Waals surface area contributed by atoms with Crippen molar-refractivity contribution in [3.05, 3.63) is 62.1 Å². The fourth-order valence-electron chi connectivity index (χ4n) is 1.87. The summed E-state index contributed by atoms with van der Waals surface area (Å²) in [5, 5.41) is 15.8. The molecule has 9 heteroatoms. The van der Waals surface area contributed by atoms with Crippen LogP contribution in [-0.4, -0.2) is 16.1 Å². The first-order valence-corrected chi connectivity index (χ1v) is 7.90. The Morgan fingerprint density at radius 1 is 1.26 bits per heavy atom. The average molecular weight is 367 g/mol. The lowest BCUT2D eigenvalue weighted by Crippen LogP contribution is -1.94. The molecule has 6 nitrogen and oxygen atoms in total.